The van der Waals surface area contributed by atoms with Gasteiger partial charge in [0.15, 0.2) is 0 Å². The number of carboxylic acid groups (broad SMARTS) is 1. The predicted octanol–water partition coefficient (Wildman–Crippen LogP) is 2.99. The normalized spacial score (nSPS) is 10.6. The summed E-state index contributed by atoms with van der Waals surface area (Å²) in [7, 11) is 0. The van der Waals surface area contributed by atoms with Gasteiger partial charge in [0.2, 0.25) is 0 Å². The third-order valence-electron chi connectivity index (χ3n) is 3.58. The van der Waals surface area contributed by atoms with Crippen LogP contribution in [0.1, 0.15) is 29.9 Å². The van der Waals surface area contributed by atoms with E-state index in [2.05, 4.69) is 4.98 Å². The first kappa shape index (κ1) is 16.7. The molecular weight excluding hydrogens is 292 g/mol. The first-order chi connectivity index (χ1) is 10.9. The van der Waals surface area contributed by atoms with E-state index in [0.29, 0.717) is 11.3 Å². The Hall–Kier alpha value is -2.69. The van der Waals surface area contributed by atoms with Crippen LogP contribution in [0.2, 0.25) is 0 Å². The van der Waals surface area contributed by atoms with E-state index in [1.165, 1.54) is 4.90 Å². The van der Waals surface area contributed by atoms with E-state index in [-0.39, 0.29) is 18.5 Å². The van der Waals surface area contributed by atoms with Gasteiger partial charge in [-0.2, -0.15) is 0 Å². The van der Waals surface area contributed by atoms with Gasteiger partial charge in [0.1, 0.15) is 6.54 Å². The highest BCUT2D eigenvalue weighted by Gasteiger charge is 2.23. The molecule has 1 N–H and O–H groups in total. The van der Waals surface area contributed by atoms with E-state index in [1.807, 2.05) is 30.3 Å². The van der Waals surface area contributed by atoms with Crippen LogP contribution < -0.4 is 0 Å². The van der Waals surface area contributed by atoms with Crippen molar-refractivity contribution in [2.75, 3.05) is 6.54 Å². The average Bonchev–Trinajstić information content (AvgIpc) is 2.52. The van der Waals surface area contributed by atoms with Crippen LogP contribution in [0.5, 0.6) is 0 Å². The zero-order valence-electron chi connectivity index (χ0n) is 13.5. The number of aliphatic carboxylic acids is 1. The zero-order valence-corrected chi connectivity index (χ0v) is 13.5. The maximum atomic E-state index is 12.6. The van der Waals surface area contributed by atoms with Crippen molar-refractivity contribution < 1.29 is 14.7 Å². The largest absolute Gasteiger partial charge is 0.480 e. The van der Waals surface area contributed by atoms with Crippen molar-refractivity contribution in [3.63, 3.8) is 0 Å². The van der Waals surface area contributed by atoms with Crippen LogP contribution in [-0.2, 0) is 4.79 Å². The fourth-order valence-electron chi connectivity index (χ4n) is 2.35. The summed E-state index contributed by atoms with van der Waals surface area (Å²) in [6.07, 6.45) is 0. The number of carboxylic acids is 1. The van der Waals surface area contributed by atoms with Gasteiger partial charge >= 0.3 is 5.97 Å². The molecule has 0 radical (unpaired) electrons. The molecule has 0 aliphatic carbocycles. The number of aromatic nitrogens is 1. The van der Waals surface area contributed by atoms with Gasteiger partial charge in [-0.25, -0.2) is 0 Å². The van der Waals surface area contributed by atoms with Gasteiger partial charge in [-0.1, -0.05) is 30.3 Å². The van der Waals surface area contributed by atoms with Gasteiger partial charge in [0, 0.05) is 11.6 Å². The van der Waals surface area contributed by atoms with Crippen LogP contribution in [0.25, 0.3) is 11.3 Å². The molecule has 2 aromatic rings. The molecule has 1 amide bonds. The second-order valence-corrected chi connectivity index (χ2v) is 5.62. The second-order valence-electron chi connectivity index (χ2n) is 5.62. The van der Waals surface area contributed by atoms with Gasteiger partial charge in [-0.3, -0.25) is 14.6 Å². The lowest BCUT2D eigenvalue weighted by Gasteiger charge is -2.25. The molecule has 1 aromatic heterocycles. The van der Waals surface area contributed by atoms with Gasteiger partial charge < -0.3 is 10.0 Å². The SMILES string of the molecule is Cc1nc(-c2ccccc2)ccc1C(=O)N(CC(=O)O)C(C)C. The molecule has 0 fully saturated rings. The Morgan fingerprint density at radius 1 is 1.13 bits per heavy atom. The van der Waals surface area contributed by atoms with Crippen molar-refractivity contribution in [2.24, 2.45) is 0 Å². The van der Waals surface area contributed by atoms with E-state index >= 15 is 0 Å². The summed E-state index contributed by atoms with van der Waals surface area (Å²) in [4.78, 5) is 29.4. The lowest BCUT2D eigenvalue weighted by Crippen LogP contribution is -2.41. The molecule has 2 rings (SSSR count). The molecule has 0 bridgehead atoms. The molecule has 0 spiro atoms. The maximum absolute atomic E-state index is 12.6. The minimum atomic E-state index is -1.03. The van der Waals surface area contributed by atoms with E-state index in [0.717, 1.165) is 11.3 Å². The van der Waals surface area contributed by atoms with E-state index in [1.54, 1.807) is 32.9 Å². The van der Waals surface area contributed by atoms with Crippen LogP contribution in [0, 0.1) is 6.92 Å². The summed E-state index contributed by atoms with van der Waals surface area (Å²) < 4.78 is 0. The number of pyridine rings is 1. The molecule has 5 nitrogen and oxygen atoms in total. The number of amides is 1. The number of hydrogen-bond acceptors (Lipinski definition) is 3. The average molecular weight is 312 g/mol. The Kier molecular flexibility index (Phi) is 5.11. The lowest BCUT2D eigenvalue weighted by atomic mass is 10.1. The Labute approximate surface area is 135 Å². The molecule has 1 heterocycles. The quantitative estimate of drug-likeness (QED) is 0.921. The summed E-state index contributed by atoms with van der Waals surface area (Å²) in [6, 6.07) is 13.0. The molecule has 23 heavy (non-hydrogen) atoms. The molecule has 120 valence electrons. The fourth-order valence-corrected chi connectivity index (χ4v) is 2.35. The summed E-state index contributed by atoms with van der Waals surface area (Å²) >= 11 is 0. The highest BCUT2D eigenvalue weighted by atomic mass is 16.4. The van der Waals surface area contributed by atoms with E-state index in [9.17, 15) is 9.59 Å². The number of carbonyl (C=O) groups is 2. The topological polar surface area (TPSA) is 70.5 Å². The van der Waals surface area contributed by atoms with Crippen LogP contribution in [0.15, 0.2) is 42.5 Å². The first-order valence-electron chi connectivity index (χ1n) is 7.46. The standard InChI is InChI=1S/C18H20N2O3/c1-12(2)20(11-17(21)22)18(23)15-9-10-16(19-13(15)3)14-7-5-4-6-8-14/h4-10,12H,11H2,1-3H3,(H,21,22). The minimum Gasteiger partial charge on any atom is -0.480 e. The fraction of sp³-hybridized carbons (Fsp3) is 0.278. The lowest BCUT2D eigenvalue weighted by molar-refractivity contribution is -0.138. The van der Waals surface area contributed by atoms with Crippen LogP contribution in [0.3, 0.4) is 0 Å². The predicted molar refractivity (Wildman–Crippen MR) is 88.2 cm³/mol. The Bertz CT molecular complexity index is 711. The molecule has 1 aromatic carbocycles. The third kappa shape index (κ3) is 3.94. The zero-order chi connectivity index (χ0) is 17.0. The van der Waals surface area contributed by atoms with Crippen molar-refractivity contribution in [3.05, 3.63) is 53.7 Å². The summed E-state index contributed by atoms with van der Waals surface area (Å²) in [6.45, 7) is 5.03. The van der Waals surface area contributed by atoms with Crippen LogP contribution >= 0.6 is 0 Å². The smallest absolute Gasteiger partial charge is 0.323 e. The third-order valence-corrected chi connectivity index (χ3v) is 3.58. The number of hydrogen-bond donors (Lipinski definition) is 1. The Balaban J connectivity index is 2.33. The molecule has 0 aliphatic rings. The molecule has 0 atom stereocenters. The summed E-state index contributed by atoms with van der Waals surface area (Å²) in [5.74, 6) is -1.34. The molecule has 0 saturated carbocycles. The van der Waals surface area contributed by atoms with Crippen molar-refractivity contribution in [3.8, 4) is 11.3 Å². The van der Waals surface area contributed by atoms with Crippen LogP contribution in [-0.4, -0.2) is 39.5 Å². The van der Waals surface area contributed by atoms with Crippen molar-refractivity contribution in [2.45, 2.75) is 26.8 Å². The molecular formula is C18H20N2O3. The Morgan fingerprint density at radius 2 is 1.78 bits per heavy atom. The van der Waals surface area contributed by atoms with Gasteiger partial charge in [0.25, 0.3) is 5.91 Å². The number of nitrogens with zero attached hydrogens (tertiary/aromatic N) is 2. The van der Waals surface area contributed by atoms with Crippen LogP contribution in [0.4, 0.5) is 0 Å². The van der Waals surface area contributed by atoms with Gasteiger partial charge in [-0.15, -0.1) is 0 Å². The Morgan fingerprint density at radius 3 is 2.30 bits per heavy atom. The molecule has 0 saturated heterocycles. The first-order valence-corrected chi connectivity index (χ1v) is 7.46. The number of carbonyl (C=O) groups excluding carboxylic acids is 1. The number of rotatable bonds is 5. The van der Waals surface area contributed by atoms with E-state index < -0.39 is 5.97 Å². The van der Waals surface area contributed by atoms with Crippen molar-refractivity contribution >= 4 is 11.9 Å². The molecule has 0 aliphatic heterocycles. The summed E-state index contributed by atoms with van der Waals surface area (Å²) in [5.41, 5.74) is 2.78. The van der Waals surface area contributed by atoms with Gasteiger partial charge in [-0.05, 0) is 32.9 Å². The highest BCUT2D eigenvalue weighted by molar-refractivity contribution is 5.97. The second kappa shape index (κ2) is 7.05. The van der Waals surface area contributed by atoms with Crippen molar-refractivity contribution in [1.82, 2.24) is 9.88 Å². The van der Waals surface area contributed by atoms with Crippen molar-refractivity contribution in [1.29, 1.82) is 0 Å². The monoisotopic (exact) mass is 312 g/mol. The number of benzene rings is 1. The number of aryl methyl sites for hydroxylation is 1. The minimum absolute atomic E-state index is 0.202. The van der Waals surface area contributed by atoms with E-state index in [4.69, 9.17) is 5.11 Å². The summed E-state index contributed by atoms with van der Waals surface area (Å²) in [5, 5.41) is 8.98. The molecule has 0 unspecified atom stereocenters. The highest BCUT2D eigenvalue weighted by Crippen LogP contribution is 2.20. The van der Waals surface area contributed by atoms with Gasteiger partial charge in [0.05, 0.1) is 17.0 Å². The maximum Gasteiger partial charge on any atom is 0.323 e. The molecule has 5 heteroatoms.